The minimum atomic E-state index is 0.574. The number of nitrogens with zero attached hydrogens (tertiary/aromatic N) is 2. The van der Waals surface area contributed by atoms with E-state index < -0.39 is 0 Å². The predicted molar refractivity (Wildman–Crippen MR) is 95.3 cm³/mol. The largest absolute Gasteiger partial charge is 0.493 e. The summed E-state index contributed by atoms with van der Waals surface area (Å²) in [5, 5.41) is 1.63. The Bertz CT molecular complexity index is 1100. The average molecular weight is 333 g/mol. The molecule has 0 amide bonds. The number of H-pyrrole nitrogens is 1. The molecule has 0 radical (unpaired) electrons. The van der Waals surface area contributed by atoms with E-state index in [9.17, 15) is 4.79 Å². The van der Waals surface area contributed by atoms with Crippen LogP contribution in [0.2, 0.25) is 0 Å². The first-order valence-corrected chi connectivity index (χ1v) is 7.69. The third-order valence-electron chi connectivity index (χ3n) is 4.24. The maximum Gasteiger partial charge on any atom is 0.162 e. The lowest BCUT2D eigenvalue weighted by Crippen LogP contribution is -1.95. The molecule has 0 unspecified atom stereocenters. The van der Waals surface area contributed by atoms with Crippen LogP contribution in [-0.4, -0.2) is 35.5 Å². The lowest BCUT2D eigenvalue weighted by Gasteiger charge is -2.10. The number of hydrogen-bond acceptors (Lipinski definition) is 5. The highest BCUT2D eigenvalue weighted by Gasteiger charge is 2.18. The average Bonchev–Trinajstić information content (AvgIpc) is 3.04. The molecule has 2 aromatic carbocycles. The summed E-state index contributed by atoms with van der Waals surface area (Å²) in [5.41, 5.74) is 3.47. The van der Waals surface area contributed by atoms with Crippen LogP contribution in [0, 0.1) is 0 Å². The molecule has 0 aliphatic rings. The number of carbonyl (C=O) groups excluding carboxylic acids is 1. The Labute approximate surface area is 143 Å². The van der Waals surface area contributed by atoms with Crippen molar-refractivity contribution < 1.29 is 14.3 Å². The molecule has 2 heterocycles. The first kappa shape index (κ1) is 15.1. The Morgan fingerprint density at radius 3 is 2.52 bits per heavy atom. The van der Waals surface area contributed by atoms with Crippen molar-refractivity contribution in [3.8, 4) is 22.9 Å². The van der Waals surface area contributed by atoms with Gasteiger partial charge in [-0.05, 0) is 12.1 Å². The number of aromatic nitrogens is 3. The summed E-state index contributed by atoms with van der Waals surface area (Å²) >= 11 is 0. The molecule has 0 fully saturated rings. The van der Waals surface area contributed by atoms with Gasteiger partial charge in [-0.3, -0.25) is 4.79 Å². The van der Waals surface area contributed by atoms with Gasteiger partial charge in [0.25, 0.3) is 0 Å². The highest BCUT2D eigenvalue weighted by atomic mass is 16.5. The quantitative estimate of drug-likeness (QED) is 0.577. The monoisotopic (exact) mass is 333 g/mol. The van der Waals surface area contributed by atoms with E-state index in [2.05, 4.69) is 15.0 Å². The second kappa shape index (κ2) is 5.90. The number of fused-ring (bicyclic) bond motifs is 2. The summed E-state index contributed by atoms with van der Waals surface area (Å²) in [5.74, 6) is 1.17. The Hall–Kier alpha value is -3.41. The number of aldehydes is 1. The zero-order valence-corrected chi connectivity index (χ0v) is 13.7. The van der Waals surface area contributed by atoms with Crippen LogP contribution < -0.4 is 9.47 Å². The number of carbonyl (C=O) groups is 1. The van der Waals surface area contributed by atoms with E-state index in [4.69, 9.17) is 9.47 Å². The molecule has 0 aliphatic heterocycles. The van der Waals surface area contributed by atoms with Crippen molar-refractivity contribution in [3.63, 3.8) is 0 Å². The van der Waals surface area contributed by atoms with Crippen molar-refractivity contribution in [2.75, 3.05) is 14.2 Å². The Balaban J connectivity index is 2.06. The highest BCUT2D eigenvalue weighted by molar-refractivity contribution is 6.07. The van der Waals surface area contributed by atoms with Gasteiger partial charge < -0.3 is 14.5 Å². The molecule has 6 nitrogen and oxygen atoms in total. The van der Waals surface area contributed by atoms with E-state index in [0.717, 1.165) is 22.6 Å². The lowest BCUT2D eigenvalue weighted by atomic mass is 10.1. The van der Waals surface area contributed by atoms with E-state index in [1.165, 1.54) is 6.33 Å². The second-order valence-corrected chi connectivity index (χ2v) is 5.52. The fourth-order valence-electron chi connectivity index (χ4n) is 3.06. The van der Waals surface area contributed by atoms with Gasteiger partial charge in [-0.15, -0.1) is 0 Å². The molecular weight excluding hydrogens is 318 g/mol. The minimum absolute atomic E-state index is 0.574. The molecule has 2 aromatic heterocycles. The van der Waals surface area contributed by atoms with Gasteiger partial charge in [0.05, 0.1) is 31.1 Å². The zero-order chi connectivity index (χ0) is 17.4. The molecule has 124 valence electrons. The van der Waals surface area contributed by atoms with Gasteiger partial charge in [0, 0.05) is 27.9 Å². The van der Waals surface area contributed by atoms with E-state index in [-0.39, 0.29) is 0 Å². The number of aromatic amines is 1. The Morgan fingerprint density at radius 2 is 1.76 bits per heavy atom. The van der Waals surface area contributed by atoms with Gasteiger partial charge in [-0.25, -0.2) is 9.97 Å². The lowest BCUT2D eigenvalue weighted by molar-refractivity contribution is 0.112. The molecule has 25 heavy (non-hydrogen) atoms. The van der Waals surface area contributed by atoms with Crippen LogP contribution in [0.4, 0.5) is 0 Å². The summed E-state index contributed by atoms with van der Waals surface area (Å²) in [6.45, 7) is 0. The third-order valence-corrected chi connectivity index (χ3v) is 4.24. The molecule has 0 saturated carbocycles. The van der Waals surface area contributed by atoms with Crippen LogP contribution in [0.1, 0.15) is 10.4 Å². The van der Waals surface area contributed by atoms with Crippen LogP contribution in [-0.2, 0) is 0 Å². The van der Waals surface area contributed by atoms with E-state index >= 15 is 0 Å². The van der Waals surface area contributed by atoms with Gasteiger partial charge >= 0.3 is 0 Å². The van der Waals surface area contributed by atoms with Crippen molar-refractivity contribution in [2.24, 2.45) is 0 Å². The number of hydrogen-bond donors (Lipinski definition) is 1. The first-order chi connectivity index (χ1) is 12.3. The molecule has 6 heteroatoms. The van der Waals surface area contributed by atoms with Crippen molar-refractivity contribution in [2.45, 2.75) is 0 Å². The molecule has 1 N–H and O–H groups in total. The summed E-state index contributed by atoms with van der Waals surface area (Å²) in [7, 11) is 3.15. The number of benzene rings is 2. The standard InChI is InChI=1S/C19H15N3O3/c1-24-16-7-12-15(8-17(16)25-2)20-10-21-18(12)19-13(9-23)11-5-3-4-6-14(11)22-19/h3-10,22H,1-2H3. The molecule has 0 saturated heterocycles. The van der Waals surface area contributed by atoms with Crippen LogP contribution in [0.3, 0.4) is 0 Å². The van der Waals surface area contributed by atoms with E-state index in [1.54, 1.807) is 20.3 Å². The van der Waals surface area contributed by atoms with Crippen LogP contribution >= 0.6 is 0 Å². The molecule has 0 atom stereocenters. The van der Waals surface area contributed by atoms with Crippen molar-refractivity contribution in [1.82, 2.24) is 15.0 Å². The predicted octanol–water partition coefficient (Wildman–Crippen LogP) is 3.61. The van der Waals surface area contributed by atoms with Gasteiger partial charge in [0.1, 0.15) is 6.33 Å². The number of ether oxygens (including phenoxy) is 2. The van der Waals surface area contributed by atoms with Gasteiger partial charge in [-0.1, -0.05) is 18.2 Å². The maximum atomic E-state index is 11.7. The number of nitrogens with one attached hydrogen (secondary N) is 1. The summed E-state index contributed by atoms with van der Waals surface area (Å²) in [4.78, 5) is 23.7. The van der Waals surface area contributed by atoms with Crippen LogP contribution in [0.15, 0.2) is 42.7 Å². The SMILES string of the molecule is COc1cc2ncnc(-c3[nH]c4ccccc4c3C=O)c2cc1OC. The fraction of sp³-hybridized carbons (Fsp3) is 0.105. The number of rotatable bonds is 4. The Kier molecular flexibility index (Phi) is 3.57. The minimum Gasteiger partial charge on any atom is -0.493 e. The van der Waals surface area contributed by atoms with E-state index in [0.29, 0.717) is 34.0 Å². The van der Waals surface area contributed by atoms with Crippen molar-refractivity contribution in [3.05, 3.63) is 48.3 Å². The van der Waals surface area contributed by atoms with Gasteiger partial charge in [-0.2, -0.15) is 0 Å². The molecule has 4 aromatic rings. The topological polar surface area (TPSA) is 77.1 Å². The fourth-order valence-corrected chi connectivity index (χ4v) is 3.06. The zero-order valence-electron chi connectivity index (χ0n) is 13.7. The Morgan fingerprint density at radius 1 is 1.00 bits per heavy atom. The summed E-state index contributed by atoms with van der Waals surface area (Å²) in [6.07, 6.45) is 2.33. The number of para-hydroxylation sites is 1. The first-order valence-electron chi connectivity index (χ1n) is 7.69. The summed E-state index contributed by atoms with van der Waals surface area (Å²) in [6, 6.07) is 11.3. The van der Waals surface area contributed by atoms with Crippen LogP contribution in [0.25, 0.3) is 33.2 Å². The molecule has 4 rings (SSSR count). The maximum absolute atomic E-state index is 11.7. The summed E-state index contributed by atoms with van der Waals surface area (Å²) < 4.78 is 10.7. The molecule has 0 aliphatic carbocycles. The van der Waals surface area contributed by atoms with Crippen molar-refractivity contribution in [1.29, 1.82) is 0 Å². The van der Waals surface area contributed by atoms with Crippen LogP contribution in [0.5, 0.6) is 11.5 Å². The van der Waals surface area contributed by atoms with Crippen molar-refractivity contribution >= 4 is 28.1 Å². The smallest absolute Gasteiger partial charge is 0.162 e. The van der Waals surface area contributed by atoms with E-state index in [1.807, 2.05) is 30.3 Å². The molecule has 0 bridgehead atoms. The highest BCUT2D eigenvalue weighted by Crippen LogP contribution is 2.37. The second-order valence-electron chi connectivity index (χ2n) is 5.52. The molecular formula is C19H15N3O3. The number of methoxy groups -OCH3 is 2. The molecule has 0 spiro atoms. The third kappa shape index (κ3) is 2.30. The van der Waals surface area contributed by atoms with Gasteiger partial charge in [0.2, 0.25) is 0 Å². The normalized spacial score (nSPS) is 11.0. The van der Waals surface area contributed by atoms with Gasteiger partial charge in [0.15, 0.2) is 17.8 Å².